The number of carbonyl (C=O) groups is 1. The number of hydrogen-bond donors (Lipinski definition) is 0. The summed E-state index contributed by atoms with van der Waals surface area (Å²) < 4.78 is 5.64. The lowest BCUT2D eigenvalue weighted by Crippen LogP contribution is -2.53. The lowest BCUT2D eigenvalue weighted by Gasteiger charge is -2.45. The van der Waals surface area contributed by atoms with E-state index < -0.39 is 5.60 Å². The summed E-state index contributed by atoms with van der Waals surface area (Å²) in [6.07, 6.45) is 8.42. The molecule has 0 spiro atoms. The lowest BCUT2D eigenvalue weighted by molar-refractivity contribution is 0.0000858. The van der Waals surface area contributed by atoms with Gasteiger partial charge in [0.25, 0.3) is 0 Å². The van der Waals surface area contributed by atoms with Gasteiger partial charge >= 0.3 is 6.09 Å². The van der Waals surface area contributed by atoms with Crippen LogP contribution in [0.3, 0.4) is 0 Å². The van der Waals surface area contributed by atoms with Crippen molar-refractivity contribution in [3.05, 3.63) is 35.9 Å². The van der Waals surface area contributed by atoms with Crippen molar-refractivity contribution >= 4 is 23.4 Å². The van der Waals surface area contributed by atoms with Crippen molar-refractivity contribution in [2.45, 2.75) is 69.0 Å². The maximum absolute atomic E-state index is 12.6. The van der Waals surface area contributed by atoms with Gasteiger partial charge < -0.3 is 4.74 Å². The van der Waals surface area contributed by atoms with Gasteiger partial charge in [0, 0.05) is 10.9 Å². The van der Waals surface area contributed by atoms with Crippen molar-refractivity contribution in [2.24, 2.45) is 0 Å². The van der Waals surface area contributed by atoms with Crippen LogP contribution in [0.1, 0.15) is 52.0 Å². The summed E-state index contributed by atoms with van der Waals surface area (Å²) in [5.41, 5.74) is 2.22. The molecule has 0 aliphatic carbocycles. The molecule has 1 amide bonds. The quantitative estimate of drug-likeness (QED) is 0.676. The van der Waals surface area contributed by atoms with Crippen LogP contribution in [0.25, 0.3) is 5.57 Å². The SMILES string of the molecule is CSc1ccc(C2=CC3CCCC(C2)N3C(=O)OC(C)(C)C)cc1. The number of fused-ring (bicyclic) bond motifs is 2. The molecule has 1 aromatic carbocycles. The van der Waals surface area contributed by atoms with Crippen LogP contribution in [-0.2, 0) is 4.74 Å². The van der Waals surface area contributed by atoms with E-state index in [1.165, 1.54) is 22.5 Å². The Kier molecular flexibility index (Phi) is 4.95. The summed E-state index contributed by atoms with van der Waals surface area (Å²) in [5, 5.41) is 0. The average molecular weight is 346 g/mol. The third-order valence-corrected chi connectivity index (χ3v) is 5.45. The van der Waals surface area contributed by atoms with Gasteiger partial charge in [-0.15, -0.1) is 11.8 Å². The average Bonchev–Trinajstić information content (AvgIpc) is 2.52. The number of hydrogen-bond acceptors (Lipinski definition) is 3. The first kappa shape index (κ1) is 17.4. The molecule has 1 fully saturated rings. The summed E-state index contributed by atoms with van der Waals surface area (Å²) in [5.74, 6) is 0. The minimum absolute atomic E-state index is 0.162. The number of nitrogens with zero attached hydrogens (tertiary/aromatic N) is 1. The van der Waals surface area contributed by atoms with Gasteiger partial charge in [0.1, 0.15) is 5.60 Å². The molecule has 1 saturated heterocycles. The van der Waals surface area contributed by atoms with Crippen LogP contribution in [0.2, 0.25) is 0 Å². The van der Waals surface area contributed by atoms with Crippen LogP contribution >= 0.6 is 11.8 Å². The third-order valence-electron chi connectivity index (χ3n) is 4.70. The highest BCUT2D eigenvalue weighted by Crippen LogP contribution is 2.38. The lowest BCUT2D eigenvalue weighted by atomic mass is 9.83. The molecule has 2 heterocycles. The van der Waals surface area contributed by atoms with Crippen molar-refractivity contribution in [3.8, 4) is 0 Å². The van der Waals surface area contributed by atoms with Gasteiger partial charge in [-0.3, -0.25) is 4.90 Å². The number of thioether (sulfide) groups is 1. The largest absolute Gasteiger partial charge is 0.444 e. The monoisotopic (exact) mass is 345 g/mol. The molecule has 0 aromatic heterocycles. The molecule has 1 aromatic rings. The van der Waals surface area contributed by atoms with E-state index in [0.29, 0.717) is 0 Å². The molecule has 3 nitrogen and oxygen atoms in total. The first-order chi connectivity index (χ1) is 11.4. The van der Waals surface area contributed by atoms with Crippen LogP contribution in [0.15, 0.2) is 35.2 Å². The summed E-state index contributed by atoms with van der Waals surface area (Å²) in [6.45, 7) is 5.79. The topological polar surface area (TPSA) is 29.5 Å². The van der Waals surface area contributed by atoms with E-state index in [-0.39, 0.29) is 18.2 Å². The predicted octanol–water partition coefficient (Wildman–Crippen LogP) is 5.35. The number of ether oxygens (including phenoxy) is 1. The molecule has 2 aliphatic rings. The number of carbonyl (C=O) groups excluding carboxylic acids is 1. The number of rotatable bonds is 2. The first-order valence-corrected chi connectivity index (χ1v) is 9.96. The molecule has 4 heteroatoms. The molecule has 0 saturated carbocycles. The van der Waals surface area contributed by atoms with Crippen LogP contribution < -0.4 is 0 Å². The van der Waals surface area contributed by atoms with E-state index in [1.807, 2.05) is 25.7 Å². The van der Waals surface area contributed by atoms with Gasteiger partial charge in [0.05, 0.1) is 6.04 Å². The minimum Gasteiger partial charge on any atom is -0.444 e. The van der Waals surface area contributed by atoms with Crippen molar-refractivity contribution < 1.29 is 9.53 Å². The van der Waals surface area contributed by atoms with Crippen LogP contribution in [0.4, 0.5) is 4.79 Å². The minimum atomic E-state index is -0.441. The van der Waals surface area contributed by atoms with Gasteiger partial charge in [0.15, 0.2) is 0 Å². The molecule has 0 radical (unpaired) electrons. The van der Waals surface area contributed by atoms with E-state index in [1.54, 1.807) is 11.8 Å². The van der Waals surface area contributed by atoms with Gasteiger partial charge in [-0.2, -0.15) is 0 Å². The van der Waals surface area contributed by atoms with Gasteiger partial charge in [-0.1, -0.05) is 18.2 Å². The second kappa shape index (κ2) is 6.83. The second-order valence-electron chi connectivity index (χ2n) is 7.66. The smallest absolute Gasteiger partial charge is 0.411 e. The Morgan fingerprint density at radius 3 is 2.50 bits per heavy atom. The Labute approximate surface area is 149 Å². The van der Waals surface area contributed by atoms with E-state index in [4.69, 9.17) is 4.74 Å². The normalized spacial score (nSPS) is 23.7. The van der Waals surface area contributed by atoms with E-state index in [2.05, 4.69) is 36.6 Å². The van der Waals surface area contributed by atoms with E-state index in [9.17, 15) is 4.79 Å². The maximum atomic E-state index is 12.6. The first-order valence-electron chi connectivity index (χ1n) is 8.74. The number of piperidine rings is 1. The Hall–Kier alpha value is -1.42. The Morgan fingerprint density at radius 1 is 1.21 bits per heavy atom. The maximum Gasteiger partial charge on any atom is 0.411 e. The Bertz CT molecular complexity index is 630. The van der Waals surface area contributed by atoms with Crippen molar-refractivity contribution in [2.75, 3.05) is 6.26 Å². The molecular formula is C20H27NO2S. The van der Waals surface area contributed by atoms with Crippen LogP contribution in [-0.4, -0.2) is 34.9 Å². The van der Waals surface area contributed by atoms with Gasteiger partial charge in [-0.25, -0.2) is 4.79 Å². The molecular weight excluding hydrogens is 318 g/mol. The summed E-state index contributed by atoms with van der Waals surface area (Å²) >= 11 is 1.76. The molecule has 2 aliphatic heterocycles. The van der Waals surface area contributed by atoms with Crippen LogP contribution in [0, 0.1) is 0 Å². The van der Waals surface area contributed by atoms with E-state index >= 15 is 0 Å². The summed E-state index contributed by atoms with van der Waals surface area (Å²) in [7, 11) is 0. The third kappa shape index (κ3) is 3.80. The highest BCUT2D eigenvalue weighted by Gasteiger charge is 2.39. The molecule has 0 N–H and O–H groups in total. The molecule has 130 valence electrons. The standard InChI is InChI=1S/C20H27NO2S/c1-20(2,3)23-19(22)21-16-6-5-7-17(21)13-15(12-16)14-8-10-18(24-4)11-9-14/h8-12,16-17H,5-7,13H2,1-4H3. The fourth-order valence-electron chi connectivity index (χ4n) is 3.65. The molecule has 2 atom stereocenters. The second-order valence-corrected chi connectivity index (χ2v) is 8.54. The Balaban J connectivity index is 1.82. The van der Waals surface area contributed by atoms with Crippen LogP contribution in [0.5, 0.6) is 0 Å². The molecule has 2 unspecified atom stereocenters. The fourth-order valence-corrected chi connectivity index (χ4v) is 4.06. The molecule has 3 rings (SSSR count). The molecule has 24 heavy (non-hydrogen) atoms. The van der Waals surface area contributed by atoms with Crippen molar-refractivity contribution in [1.29, 1.82) is 0 Å². The number of benzene rings is 1. The zero-order chi connectivity index (χ0) is 17.3. The molecule has 2 bridgehead atoms. The predicted molar refractivity (Wildman–Crippen MR) is 100 cm³/mol. The van der Waals surface area contributed by atoms with Crippen molar-refractivity contribution in [3.63, 3.8) is 0 Å². The Morgan fingerprint density at radius 2 is 1.92 bits per heavy atom. The highest BCUT2D eigenvalue weighted by molar-refractivity contribution is 7.98. The zero-order valence-electron chi connectivity index (χ0n) is 15.0. The van der Waals surface area contributed by atoms with Gasteiger partial charge in [-0.05, 0) is 76.0 Å². The summed E-state index contributed by atoms with van der Waals surface area (Å²) in [4.78, 5) is 15.9. The number of amides is 1. The van der Waals surface area contributed by atoms with Crippen molar-refractivity contribution in [1.82, 2.24) is 4.90 Å². The fraction of sp³-hybridized carbons (Fsp3) is 0.550. The van der Waals surface area contributed by atoms with Gasteiger partial charge in [0.2, 0.25) is 0 Å². The summed E-state index contributed by atoms with van der Waals surface area (Å²) in [6, 6.07) is 9.20. The zero-order valence-corrected chi connectivity index (χ0v) is 15.9. The van der Waals surface area contributed by atoms with E-state index in [0.717, 1.165) is 19.3 Å². The highest BCUT2D eigenvalue weighted by atomic mass is 32.2.